The fourth-order valence-corrected chi connectivity index (χ4v) is 6.85. The van der Waals surface area contributed by atoms with Crippen LogP contribution in [0.1, 0.15) is 24.1 Å². The second-order valence-corrected chi connectivity index (χ2v) is 12.1. The maximum Gasteiger partial charge on any atom is 0.213 e. The van der Waals surface area contributed by atoms with Crippen molar-refractivity contribution in [3.8, 4) is 11.4 Å². The van der Waals surface area contributed by atoms with Gasteiger partial charge in [-0.15, -0.1) is 5.10 Å². The first-order valence-corrected chi connectivity index (χ1v) is 15.1. The molecule has 5 aromatic rings. The maximum absolute atomic E-state index is 13.5. The van der Waals surface area contributed by atoms with Crippen molar-refractivity contribution in [2.75, 3.05) is 11.9 Å². The van der Waals surface area contributed by atoms with Crippen LogP contribution in [0.3, 0.4) is 0 Å². The Bertz CT molecular complexity index is 1990. The van der Waals surface area contributed by atoms with E-state index in [9.17, 15) is 12.8 Å². The second kappa shape index (κ2) is 11.4. The zero-order chi connectivity index (χ0) is 29.5. The lowest BCUT2D eigenvalue weighted by molar-refractivity contribution is 0.238. The van der Waals surface area contributed by atoms with Crippen molar-refractivity contribution in [1.29, 1.82) is 0 Å². The van der Waals surface area contributed by atoms with Crippen LogP contribution >= 0.6 is 11.6 Å². The molecule has 1 N–H and O–H groups in total. The summed E-state index contributed by atoms with van der Waals surface area (Å²) in [6, 6.07) is 17.5. The first kappa shape index (κ1) is 27.4. The van der Waals surface area contributed by atoms with Gasteiger partial charge in [0.1, 0.15) is 30.3 Å². The van der Waals surface area contributed by atoms with Gasteiger partial charge >= 0.3 is 0 Å². The predicted octanol–water partition coefficient (Wildman–Crippen LogP) is 4.97. The summed E-state index contributed by atoms with van der Waals surface area (Å²) in [5.41, 5.74) is 3.77. The van der Waals surface area contributed by atoms with Crippen molar-refractivity contribution >= 4 is 49.2 Å². The third kappa shape index (κ3) is 5.68. The van der Waals surface area contributed by atoms with Crippen LogP contribution < -0.4 is 10.1 Å². The monoisotopic (exact) mass is 617 g/mol. The standard InChI is InChI=1S/C30H25ClFN7O3S/c31-26-10-21(4-7-28(26)42-16-18-2-1-3-20(32)8-18)35-30-25-11-23(5-6-27(25)33-17-34-30)39-15-22(36-37-39)14-38-13-19-9-24(38)12-29(19)43(40)41/h1-8,10-11,15,17,19,24H,9,12-14,16H2,(H,33,34,35). The summed E-state index contributed by atoms with van der Waals surface area (Å²) in [4.78, 5) is 11.8. The minimum atomic E-state index is -2.09. The normalized spacial score (nSPS) is 18.0. The minimum absolute atomic E-state index is 0.114. The lowest BCUT2D eigenvalue weighted by Gasteiger charge is -2.25. The van der Waals surface area contributed by atoms with Gasteiger partial charge in [0.2, 0.25) is 10.3 Å². The van der Waals surface area contributed by atoms with Crippen molar-refractivity contribution in [2.24, 2.45) is 5.92 Å². The van der Waals surface area contributed by atoms with Crippen molar-refractivity contribution in [2.45, 2.75) is 32.0 Å². The van der Waals surface area contributed by atoms with E-state index < -0.39 is 10.3 Å². The Hall–Kier alpha value is -4.39. The van der Waals surface area contributed by atoms with Crippen molar-refractivity contribution in [3.05, 3.63) is 95.3 Å². The summed E-state index contributed by atoms with van der Waals surface area (Å²) < 4.78 is 43.8. The van der Waals surface area contributed by atoms with Gasteiger partial charge < -0.3 is 10.1 Å². The van der Waals surface area contributed by atoms with Gasteiger partial charge in [-0.05, 0) is 66.9 Å². The summed E-state index contributed by atoms with van der Waals surface area (Å²) in [5, 5.41) is 13.2. The molecule has 1 saturated heterocycles. The molecule has 2 aliphatic rings. The van der Waals surface area contributed by atoms with E-state index in [1.54, 1.807) is 28.9 Å². The zero-order valence-electron chi connectivity index (χ0n) is 22.7. The van der Waals surface area contributed by atoms with Gasteiger partial charge in [-0.2, -0.15) is 8.42 Å². The Balaban J connectivity index is 1.06. The molecule has 0 radical (unpaired) electrons. The van der Waals surface area contributed by atoms with Crippen molar-refractivity contribution in [3.63, 3.8) is 0 Å². The van der Waals surface area contributed by atoms with E-state index in [-0.39, 0.29) is 24.4 Å². The smallest absolute Gasteiger partial charge is 0.213 e. The number of anilines is 2. The number of ether oxygens (including phenoxy) is 1. The van der Waals surface area contributed by atoms with Crippen molar-refractivity contribution in [1.82, 2.24) is 29.9 Å². The number of hydrogen-bond donors (Lipinski definition) is 1. The van der Waals surface area contributed by atoms with Gasteiger partial charge in [0, 0.05) is 36.1 Å². The molecule has 2 unspecified atom stereocenters. The highest BCUT2D eigenvalue weighted by atomic mass is 35.5. The predicted molar refractivity (Wildman–Crippen MR) is 161 cm³/mol. The van der Waals surface area contributed by atoms with Crippen LogP contribution in [-0.4, -0.2) is 55.7 Å². The number of nitrogens with one attached hydrogen (secondary N) is 1. The lowest BCUT2D eigenvalue weighted by atomic mass is 10.1. The average molecular weight is 618 g/mol. The van der Waals surface area contributed by atoms with Crippen LogP contribution in [0, 0.1) is 11.7 Å². The van der Waals surface area contributed by atoms with E-state index >= 15 is 0 Å². The van der Waals surface area contributed by atoms with Gasteiger partial charge in [0.05, 0.1) is 33.0 Å². The highest BCUT2D eigenvalue weighted by molar-refractivity contribution is 7.73. The number of likely N-dealkylation sites (tertiary alicyclic amines) is 1. The number of aromatic nitrogens is 5. The topological polar surface area (TPSA) is 115 Å². The maximum atomic E-state index is 13.5. The largest absolute Gasteiger partial charge is 0.487 e. The Morgan fingerprint density at radius 2 is 2.00 bits per heavy atom. The summed E-state index contributed by atoms with van der Waals surface area (Å²) in [6.45, 7) is 1.54. The molecule has 218 valence electrons. The van der Waals surface area contributed by atoms with Crippen LogP contribution in [0.5, 0.6) is 5.75 Å². The molecule has 3 heterocycles. The van der Waals surface area contributed by atoms with E-state index in [0.717, 1.165) is 35.2 Å². The fraction of sp³-hybridized carbons (Fsp3) is 0.233. The molecule has 7 rings (SSSR count). The summed E-state index contributed by atoms with van der Waals surface area (Å²) >= 11 is 6.50. The second-order valence-electron chi connectivity index (χ2n) is 10.7. The molecular formula is C30H25ClFN7O3S. The fourth-order valence-electron chi connectivity index (χ4n) is 5.84. The molecule has 43 heavy (non-hydrogen) atoms. The number of nitrogens with zero attached hydrogens (tertiary/aromatic N) is 6. The number of hydrogen-bond acceptors (Lipinski definition) is 9. The van der Waals surface area contributed by atoms with Crippen LogP contribution in [0.2, 0.25) is 5.02 Å². The van der Waals surface area contributed by atoms with Crippen LogP contribution in [0.4, 0.5) is 15.9 Å². The number of halogens is 2. The number of benzene rings is 3. The molecule has 13 heteroatoms. The molecular weight excluding hydrogens is 593 g/mol. The summed E-state index contributed by atoms with van der Waals surface area (Å²) in [5.74, 6) is 0.866. The quantitative estimate of drug-likeness (QED) is 0.241. The van der Waals surface area contributed by atoms with Crippen LogP contribution in [0.25, 0.3) is 16.6 Å². The number of fused-ring (bicyclic) bond motifs is 3. The van der Waals surface area contributed by atoms with E-state index in [0.29, 0.717) is 45.7 Å². The van der Waals surface area contributed by atoms with E-state index in [1.807, 2.05) is 30.5 Å². The minimum Gasteiger partial charge on any atom is -0.487 e. The van der Waals surface area contributed by atoms with Gasteiger partial charge in [-0.1, -0.05) is 28.9 Å². The van der Waals surface area contributed by atoms with Gasteiger partial charge in [-0.25, -0.2) is 19.0 Å². The number of rotatable bonds is 8. The molecule has 0 amide bonds. The van der Waals surface area contributed by atoms with Crippen molar-refractivity contribution < 1.29 is 17.5 Å². The SMILES string of the molecule is O=S(=O)=C1CC2CC1CN2Cc1cn(-c2ccc3ncnc(Nc4ccc(OCc5cccc(F)c5)c(Cl)c4)c3c2)nn1. The summed E-state index contributed by atoms with van der Waals surface area (Å²) in [6.07, 6.45) is 4.87. The van der Waals surface area contributed by atoms with E-state index in [1.165, 1.54) is 18.5 Å². The zero-order valence-corrected chi connectivity index (χ0v) is 24.3. The Morgan fingerprint density at radius 3 is 2.79 bits per heavy atom. The molecule has 10 nitrogen and oxygen atoms in total. The Kier molecular flexibility index (Phi) is 7.25. The third-order valence-electron chi connectivity index (χ3n) is 7.90. The van der Waals surface area contributed by atoms with Gasteiger partial charge in [-0.3, -0.25) is 4.90 Å². The van der Waals surface area contributed by atoms with Gasteiger partial charge in [0.25, 0.3) is 0 Å². The Labute approximate surface area is 252 Å². The number of piperidine rings is 1. The van der Waals surface area contributed by atoms with E-state index in [2.05, 4.69) is 30.5 Å². The summed E-state index contributed by atoms with van der Waals surface area (Å²) in [7, 11) is -2.09. The van der Waals surface area contributed by atoms with Crippen LogP contribution in [0.15, 0.2) is 73.2 Å². The molecule has 3 aromatic carbocycles. The third-order valence-corrected chi connectivity index (χ3v) is 9.12. The Morgan fingerprint density at radius 1 is 1.09 bits per heavy atom. The molecule has 2 fully saturated rings. The van der Waals surface area contributed by atoms with Crippen LogP contribution in [-0.2, 0) is 23.4 Å². The molecule has 2 bridgehead atoms. The highest BCUT2D eigenvalue weighted by Crippen LogP contribution is 2.36. The van der Waals surface area contributed by atoms with E-state index in [4.69, 9.17) is 16.3 Å². The molecule has 1 aliphatic carbocycles. The molecule has 2 atom stereocenters. The average Bonchev–Trinajstić information content (AvgIpc) is 3.74. The molecule has 2 aromatic heterocycles. The lowest BCUT2D eigenvalue weighted by Crippen LogP contribution is -2.35. The van der Waals surface area contributed by atoms with Gasteiger partial charge in [0.15, 0.2) is 0 Å². The molecule has 1 saturated carbocycles. The first-order valence-electron chi connectivity index (χ1n) is 13.7. The highest BCUT2D eigenvalue weighted by Gasteiger charge is 2.43. The molecule has 0 spiro atoms. The first-order chi connectivity index (χ1) is 20.9. The molecule has 1 aliphatic heterocycles.